The Morgan fingerprint density at radius 3 is 2.56 bits per heavy atom. The van der Waals surface area contributed by atoms with Crippen LogP contribution in [-0.2, 0) is 4.79 Å². The lowest BCUT2D eigenvalue weighted by Gasteiger charge is -2.31. The van der Waals surface area contributed by atoms with Gasteiger partial charge in [-0.25, -0.2) is 0 Å². The van der Waals surface area contributed by atoms with Crippen LogP contribution in [0.3, 0.4) is 0 Å². The van der Waals surface area contributed by atoms with Crippen LogP contribution < -0.4 is 5.73 Å². The number of nitrogens with two attached hydrogens (primary N) is 1. The molecule has 1 saturated carbocycles. The number of amides is 1. The Kier molecular flexibility index (Phi) is 1.74. The van der Waals surface area contributed by atoms with E-state index in [1.54, 1.807) is 0 Å². The number of hydrogen-bond donors (Lipinski definition) is 1. The molecular formula is C7H13NO. The van der Waals surface area contributed by atoms with Gasteiger partial charge in [0.05, 0.1) is 0 Å². The van der Waals surface area contributed by atoms with Gasteiger partial charge in [-0.1, -0.05) is 13.3 Å². The van der Waals surface area contributed by atoms with Gasteiger partial charge in [-0.2, -0.15) is 0 Å². The zero-order valence-corrected chi connectivity index (χ0v) is 5.76. The molecule has 1 rings (SSSR count). The minimum absolute atomic E-state index is 0.111. The largest absolute Gasteiger partial charge is 0.369 e. The molecule has 2 heteroatoms. The molecule has 0 saturated heterocycles. The predicted molar refractivity (Wildman–Crippen MR) is 35.7 cm³/mol. The Morgan fingerprint density at radius 1 is 1.67 bits per heavy atom. The van der Waals surface area contributed by atoms with Gasteiger partial charge in [0.25, 0.3) is 0 Å². The van der Waals surface area contributed by atoms with Gasteiger partial charge < -0.3 is 5.73 Å². The molecular weight excluding hydrogens is 114 g/mol. The molecule has 0 spiro atoms. The fourth-order valence-electron chi connectivity index (χ4n) is 1.30. The van der Waals surface area contributed by atoms with Gasteiger partial charge in [0.1, 0.15) is 0 Å². The quantitative estimate of drug-likeness (QED) is 0.588. The lowest BCUT2D eigenvalue weighted by Crippen LogP contribution is -2.34. The fourth-order valence-corrected chi connectivity index (χ4v) is 1.30. The van der Waals surface area contributed by atoms with E-state index in [0.29, 0.717) is 0 Å². The van der Waals surface area contributed by atoms with Crippen molar-refractivity contribution in [1.29, 1.82) is 0 Å². The molecule has 0 aliphatic heterocycles. The Morgan fingerprint density at radius 2 is 2.22 bits per heavy atom. The van der Waals surface area contributed by atoms with Gasteiger partial charge in [-0.05, 0) is 18.8 Å². The first-order valence-corrected chi connectivity index (χ1v) is 3.53. The van der Waals surface area contributed by atoms with Crippen molar-refractivity contribution in [3.63, 3.8) is 0 Å². The van der Waals surface area contributed by atoms with E-state index >= 15 is 0 Å². The number of carbonyl (C=O) groups is 1. The third-order valence-electron chi connectivity index (χ3n) is 2.22. The Labute approximate surface area is 55.4 Å². The van der Waals surface area contributed by atoms with Crippen LogP contribution in [0.5, 0.6) is 0 Å². The van der Waals surface area contributed by atoms with Gasteiger partial charge in [-0.15, -0.1) is 0 Å². The van der Waals surface area contributed by atoms with E-state index in [2.05, 4.69) is 6.92 Å². The fraction of sp³-hybridized carbons (Fsp3) is 0.857. The maximum absolute atomic E-state index is 10.5. The number of rotatable bonds is 2. The summed E-state index contributed by atoms with van der Waals surface area (Å²) in [5.41, 5.74) is 5.08. The van der Waals surface area contributed by atoms with Crippen LogP contribution in [0.25, 0.3) is 0 Å². The smallest absolute Gasteiger partial charge is 0.220 e. The predicted octanol–water partition coefficient (Wildman–Crippen LogP) is 0.908. The van der Waals surface area contributed by atoms with Crippen molar-refractivity contribution >= 4 is 5.91 Å². The molecule has 2 N–H and O–H groups in total. The van der Waals surface area contributed by atoms with Crippen molar-refractivity contribution in [1.82, 2.24) is 0 Å². The van der Waals surface area contributed by atoms with Crippen LogP contribution in [0.15, 0.2) is 0 Å². The molecule has 0 unspecified atom stereocenters. The molecule has 0 aromatic rings. The molecule has 0 atom stereocenters. The SMILES string of the molecule is CCC1CC(C(N)=O)C1. The summed E-state index contributed by atoms with van der Waals surface area (Å²) in [4.78, 5) is 10.5. The molecule has 9 heavy (non-hydrogen) atoms. The van der Waals surface area contributed by atoms with E-state index in [1.165, 1.54) is 6.42 Å². The molecule has 0 aromatic heterocycles. The minimum atomic E-state index is -0.111. The van der Waals surface area contributed by atoms with Gasteiger partial charge in [0.15, 0.2) is 0 Å². The maximum Gasteiger partial charge on any atom is 0.220 e. The number of primary amides is 1. The highest BCUT2D eigenvalue weighted by molar-refractivity contribution is 5.77. The topological polar surface area (TPSA) is 43.1 Å². The average molecular weight is 127 g/mol. The number of carbonyl (C=O) groups excluding carboxylic acids is 1. The van der Waals surface area contributed by atoms with Gasteiger partial charge in [0, 0.05) is 5.92 Å². The highest BCUT2D eigenvalue weighted by atomic mass is 16.1. The van der Waals surface area contributed by atoms with Gasteiger partial charge >= 0.3 is 0 Å². The van der Waals surface area contributed by atoms with Crippen molar-refractivity contribution in [2.75, 3.05) is 0 Å². The van der Waals surface area contributed by atoms with Crippen LogP contribution >= 0.6 is 0 Å². The zero-order chi connectivity index (χ0) is 6.85. The van der Waals surface area contributed by atoms with Gasteiger partial charge in [0.2, 0.25) is 5.91 Å². The van der Waals surface area contributed by atoms with Gasteiger partial charge in [-0.3, -0.25) is 4.79 Å². The Hall–Kier alpha value is -0.530. The standard InChI is InChI=1S/C7H13NO/c1-2-5-3-6(4-5)7(8)9/h5-6H,2-4H2,1H3,(H2,8,9). The van der Waals surface area contributed by atoms with E-state index in [1.807, 2.05) is 0 Å². The van der Waals surface area contributed by atoms with Crippen LogP contribution in [0.2, 0.25) is 0 Å². The molecule has 0 bridgehead atoms. The van der Waals surface area contributed by atoms with E-state index in [-0.39, 0.29) is 11.8 Å². The van der Waals surface area contributed by atoms with Crippen molar-refractivity contribution < 1.29 is 4.79 Å². The monoisotopic (exact) mass is 127 g/mol. The molecule has 0 aromatic carbocycles. The van der Waals surface area contributed by atoms with Crippen molar-refractivity contribution in [3.05, 3.63) is 0 Å². The van der Waals surface area contributed by atoms with Crippen LogP contribution in [-0.4, -0.2) is 5.91 Å². The highest BCUT2D eigenvalue weighted by Crippen LogP contribution is 2.35. The highest BCUT2D eigenvalue weighted by Gasteiger charge is 2.31. The van der Waals surface area contributed by atoms with E-state index in [4.69, 9.17) is 5.73 Å². The second kappa shape index (κ2) is 2.38. The Bertz CT molecular complexity index is 116. The lowest BCUT2D eigenvalue weighted by molar-refractivity contribution is -0.125. The van der Waals surface area contributed by atoms with Crippen molar-refractivity contribution in [2.24, 2.45) is 17.6 Å². The molecule has 0 radical (unpaired) electrons. The molecule has 2 nitrogen and oxygen atoms in total. The molecule has 1 fully saturated rings. The minimum Gasteiger partial charge on any atom is -0.369 e. The molecule has 0 heterocycles. The first kappa shape index (κ1) is 6.59. The summed E-state index contributed by atoms with van der Waals surface area (Å²) in [5, 5.41) is 0. The second-order valence-electron chi connectivity index (χ2n) is 2.84. The van der Waals surface area contributed by atoms with E-state index < -0.39 is 0 Å². The van der Waals surface area contributed by atoms with E-state index in [0.717, 1.165) is 18.8 Å². The second-order valence-corrected chi connectivity index (χ2v) is 2.84. The van der Waals surface area contributed by atoms with E-state index in [9.17, 15) is 4.79 Å². The maximum atomic E-state index is 10.5. The normalized spacial score (nSPS) is 33.4. The zero-order valence-electron chi connectivity index (χ0n) is 5.76. The summed E-state index contributed by atoms with van der Waals surface area (Å²) in [6, 6.07) is 0. The van der Waals surface area contributed by atoms with Crippen molar-refractivity contribution in [3.8, 4) is 0 Å². The van der Waals surface area contributed by atoms with Crippen LogP contribution in [0.1, 0.15) is 26.2 Å². The first-order valence-electron chi connectivity index (χ1n) is 3.53. The molecule has 1 aliphatic rings. The summed E-state index contributed by atoms with van der Waals surface area (Å²) in [7, 11) is 0. The van der Waals surface area contributed by atoms with Crippen molar-refractivity contribution in [2.45, 2.75) is 26.2 Å². The van der Waals surface area contributed by atoms with Crippen LogP contribution in [0, 0.1) is 11.8 Å². The summed E-state index contributed by atoms with van der Waals surface area (Å²) in [6.07, 6.45) is 3.27. The summed E-state index contributed by atoms with van der Waals surface area (Å²) in [5.74, 6) is 0.872. The summed E-state index contributed by atoms with van der Waals surface area (Å²) < 4.78 is 0. The third kappa shape index (κ3) is 1.23. The average Bonchev–Trinajstić information content (AvgIpc) is 1.61. The molecule has 52 valence electrons. The molecule has 1 aliphatic carbocycles. The van der Waals surface area contributed by atoms with Crippen LogP contribution in [0.4, 0.5) is 0 Å². The lowest BCUT2D eigenvalue weighted by atomic mass is 9.73. The molecule has 1 amide bonds. The Balaban J connectivity index is 2.19. The third-order valence-corrected chi connectivity index (χ3v) is 2.22. The summed E-state index contributed by atoms with van der Waals surface area (Å²) >= 11 is 0. The summed E-state index contributed by atoms with van der Waals surface area (Å²) in [6.45, 7) is 2.15. The number of hydrogen-bond acceptors (Lipinski definition) is 1. The first-order chi connectivity index (χ1) is 4.24.